The first-order valence-electron chi connectivity index (χ1n) is 13.1. The number of carbonyl (C=O) groups is 1. The molecule has 0 unspecified atom stereocenters. The Kier molecular flexibility index (Phi) is 10.9. The van der Waals surface area contributed by atoms with Gasteiger partial charge in [-0.05, 0) is 84.0 Å². The van der Waals surface area contributed by atoms with Crippen LogP contribution in [0.3, 0.4) is 0 Å². The first kappa shape index (κ1) is 29.9. The van der Waals surface area contributed by atoms with E-state index in [0.29, 0.717) is 59.5 Å². The van der Waals surface area contributed by atoms with E-state index in [2.05, 4.69) is 33.1 Å². The smallest absolute Gasteiger partial charge is 0.271 e. The number of hydrazone groups is 1. The quantitative estimate of drug-likeness (QED) is 0.0931. The lowest BCUT2D eigenvalue weighted by Gasteiger charge is -2.15. The second-order valence-electron chi connectivity index (χ2n) is 8.71. The number of nitrogens with zero attached hydrogens (tertiary/aromatic N) is 1. The molecule has 0 saturated heterocycles. The van der Waals surface area contributed by atoms with Crippen LogP contribution in [0.5, 0.6) is 23.0 Å². The Bertz CT molecular complexity index is 1500. The molecule has 0 aliphatic heterocycles. The molecule has 1 amide bonds. The van der Waals surface area contributed by atoms with E-state index in [-0.39, 0.29) is 12.4 Å². The number of carbonyl (C=O) groups excluding carboxylic acids is 1. The highest BCUT2D eigenvalue weighted by molar-refractivity contribution is 14.1. The van der Waals surface area contributed by atoms with E-state index >= 15 is 0 Å². The van der Waals surface area contributed by atoms with Crippen LogP contribution in [-0.2, 0) is 13.2 Å². The summed E-state index contributed by atoms with van der Waals surface area (Å²) in [5.74, 6) is 1.29. The van der Waals surface area contributed by atoms with Crippen molar-refractivity contribution in [2.45, 2.75) is 27.1 Å². The fraction of sp³-hybridized carbons (Fsp3) is 0.188. The third-order valence-electron chi connectivity index (χ3n) is 5.78. The fourth-order valence-corrected chi connectivity index (χ4v) is 4.61. The van der Waals surface area contributed by atoms with Crippen molar-refractivity contribution < 1.29 is 28.1 Å². The van der Waals surface area contributed by atoms with Gasteiger partial charge in [-0.2, -0.15) is 5.10 Å². The molecule has 212 valence electrons. The van der Waals surface area contributed by atoms with E-state index in [4.69, 9.17) is 18.9 Å². The molecule has 0 heterocycles. The molecule has 0 atom stereocenters. The summed E-state index contributed by atoms with van der Waals surface area (Å²) in [5.41, 5.74) is 5.09. The molecule has 0 spiro atoms. The van der Waals surface area contributed by atoms with Crippen molar-refractivity contribution in [2.24, 2.45) is 5.10 Å². The van der Waals surface area contributed by atoms with Gasteiger partial charge in [0, 0.05) is 11.1 Å². The zero-order chi connectivity index (χ0) is 29.0. The van der Waals surface area contributed by atoms with Gasteiger partial charge in [0.15, 0.2) is 23.0 Å². The largest absolute Gasteiger partial charge is 0.490 e. The van der Waals surface area contributed by atoms with Crippen LogP contribution in [0.4, 0.5) is 4.39 Å². The molecular formula is C32H30FIN2O5. The van der Waals surface area contributed by atoms with Gasteiger partial charge in [0.25, 0.3) is 5.91 Å². The van der Waals surface area contributed by atoms with Gasteiger partial charge in [0.2, 0.25) is 0 Å². The van der Waals surface area contributed by atoms with Crippen LogP contribution in [-0.4, -0.2) is 25.3 Å². The third kappa shape index (κ3) is 8.43. The van der Waals surface area contributed by atoms with E-state index in [0.717, 1.165) is 9.13 Å². The molecule has 0 aliphatic carbocycles. The van der Waals surface area contributed by atoms with Gasteiger partial charge in [0.1, 0.15) is 19.0 Å². The Labute approximate surface area is 252 Å². The zero-order valence-electron chi connectivity index (χ0n) is 22.7. The summed E-state index contributed by atoms with van der Waals surface area (Å²) in [7, 11) is 0. The lowest BCUT2D eigenvalue weighted by molar-refractivity contribution is 0.0954. The molecule has 7 nitrogen and oxygen atoms in total. The third-order valence-corrected chi connectivity index (χ3v) is 6.59. The van der Waals surface area contributed by atoms with Crippen molar-refractivity contribution in [3.05, 3.63) is 117 Å². The number of nitrogens with one attached hydrogen (secondary N) is 1. The molecule has 4 aromatic carbocycles. The number of hydrogen-bond donors (Lipinski definition) is 1. The maximum Gasteiger partial charge on any atom is 0.271 e. The molecule has 4 rings (SSSR count). The van der Waals surface area contributed by atoms with Crippen LogP contribution in [0.25, 0.3) is 0 Å². The molecule has 0 aromatic heterocycles. The highest BCUT2D eigenvalue weighted by Gasteiger charge is 2.14. The van der Waals surface area contributed by atoms with Crippen LogP contribution in [0.15, 0.2) is 90.0 Å². The minimum atomic E-state index is -0.401. The van der Waals surface area contributed by atoms with E-state index in [1.807, 2.05) is 50.2 Å². The normalized spacial score (nSPS) is 10.8. The highest BCUT2D eigenvalue weighted by Crippen LogP contribution is 2.35. The van der Waals surface area contributed by atoms with Crippen LogP contribution in [0.1, 0.15) is 40.9 Å². The van der Waals surface area contributed by atoms with Gasteiger partial charge >= 0.3 is 0 Å². The van der Waals surface area contributed by atoms with Crippen molar-refractivity contribution >= 4 is 34.7 Å². The van der Waals surface area contributed by atoms with Gasteiger partial charge < -0.3 is 18.9 Å². The molecule has 0 radical (unpaired) electrons. The predicted octanol–water partition coefficient (Wildman–Crippen LogP) is 7.15. The summed E-state index contributed by atoms with van der Waals surface area (Å²) in [6.45, 7) is 5.01. The minimum absolute atomic E-state index is 0.0616. The molecule has 0 bridgehead atoms. The number of benzene rings is 4. The Morgan fingerprint density at radius 1 is 0.829 bits per heavy atom. The lowest BCUT2D eigenvalue weighted by atomic mass is 10.2. The minimum Gasteiger partial charge on any atom is -0.490 e. The first-order chi connectivity index (χ1) is 20.0. The van der Waals surface area contributed by atoms with Gasteiger partial charge in [-0.1, -0.05) is 48.5 Å². The average Bonchev–Trinajstić information content (AvgIpc) is 2.97. The summed E-state index contributed by atoms with van der Waals surface area (Å²) >= 11 is 2.13. The lowest BCUT2D eigenvalue weighted by Crippen LogP contribution is -2.17. The molecule has 0 saturated carbocycles. The predicted molar refractivity (Wildman–Crippen MR) is 165 cm³/mol. The number of amides is 1. The van der Waals surface area contributed by atoms with Gasteiger partial charge in [0.05, 0.1) is 23.0 Å². The number of rotatable bonds is 13. The number of halogens is 2. The molecular weight excluding hydrogens is 638 g/mol. The Balaban J connectivity index is 1.42. The summed E-state index contributed by atoms with van der Waals surface area (Å²) in [6.07, 6.45) is 1.52. The zero-order valence-corrected chi connectivity index (χ0v) is 24.9. The number of hydrogen-bond acceptors (Lipinski definition) is 6. The average molecular weight is 669 g/mol. The highest BCUT2D eigenvalue weighted by atomic mass is 127. The molecule has 1 N–H and O–H groups in total. The summed E-state index contributed by atoms with van der Waals surface area (Å²) in [4.78, 5) is 12.8. The Morgan fingerprint density at radius 2 is 1.56 bits per heavy atom. The monoisotopic (exact) mass is 668 g/mol. The van der Waals surface area contributed by atoms with E-state index in [9.17, 15) is 9.18 Å². The number of ether oxygens (including phenoxy) is 4. The van der Waals surface area contributed by atoms with Crippen LogP contribution in [0.2, 0.25) is 0 Å². The SMILES string of the molecule is CCOc1cc(C(=O)N/N=C/c2cc(I)c(OCc3ccccc3F)c(OCC)c2)ccc1OCc1ccccc1. The van der Waals surface area contributed by atoms with Gasteiger partial charge in [-0.15, -0.1) is 0 Å². The second kappa shape index (κ2) is 15.0. The summed E-state index contributed by atoms with van der Waals surface area (Å²) < 4.78 is 38.1. The van der Waals surface area contributed by atoms with Gasteiger partial charge in [-0.3, -0.25) is 4.79 Å². The van der Waals surface area contributed by atoms with Crippen LogP contribution < -0.4 is 24.4 Å². The Hall–Kier alpha value is -4.12. The van der Waals surface area contributed by atoms with Crippen molar-refractivity contribution in [2.75, 3.05) is 13.2 Å². The summed E-state index contributed by atoms with van der Waals surface area (Å²) in [6, 6.07) is 24.9. The van der Waals surface area contributed by atoms with Gasteiger partial charge in [-0.25, -0.2) is 9.82 Å². The van der Waals surface area contributed by atoms with Crippen LogP contribution in [0, 0.1) is 9.39 Å². The second-order valence-corrected chi connectivity index (χ2v) is 9.87. The molecule has 0 aliphatic rings. The fourth-order valence-electron chi connectivity index (χ4n) is 3.83. The molecule has 0 fully saturated rings. The van der Waals surface area contributed by atoms with Crippen LogP contribution >= 0.6 is 22.6 Å². The van der Waals surface area contributed by atoms with E-state index in [1.54, 1.807) is 42.5 Å². The first-order valence-corrected chi connectivity index (χ1v) is 14.2. The molecule has 4 aromatic rings. The topological polar surface area (TPSA) is 78.4 Å². The van der Waals surface area contributed by atoms with Crippen molar-refractivity contribution in [3.8, 4) is 23.0 Å². The summed E-state index contributed by atoms with van der Waals surface area (Å²) in [5, 5.41) is 4.12. The van der Waals surface area contributed by atoms with E-state index < -0.39 is 5.91 Å². The van der Waals surface area contributed by atoms with Crippen molar-refractivity contribution in [1.82, 2.24) is 5.43 Å². The maximum absolute atomic E-state index is 14.0. The maximum atomic E-state index is 14.0. The van der Waals surface area contributed by atoms with E-state index in [1.165, 1.54) is 12.3 Å². The van der Waals surface area contributed by atoms with Crippen molar-refractivity contribution in [3.63, 3.8) is 0 Å². The Morgan fingerprint density at radius 3 is 2.32 bits per heavy atom. The van der Waals surface area contributed by atoms with Crippen molar-refractivity contribution in [1.29, 1.82) is 0 Å². The molecule has 41 heavy (non-hydrogen) atoms. The standard InChI is InChI=1S/C32H30FIN2O5/c1-3-38-29-18-24(14-15-28(29)40-20-22-10-6-5-7-11-22)32(37)36-35-19-23-16-27(34)31(30(17-23)39-4-2)41-21-25-12-8-9-13-26(25)33/h5-19H,3-4,20-21H2,1-2H3,(H,36,37)/b35-19+. The molecule has 9 heteroatoms.